The largest absolute Gasteiger partial charge is 0.383 e. The average Bonchev–Trinajstić information content (AvgIpc) is 2.23. The molecule has 0 radical (unpaired) electrons. The molecule has 5 heteroatoms. The molecule has 0 amide bonds. The second-order valence-electron chi connectivity index (χ2n) is 4.76. The molecule has 0 heterocycles. The summed E-state index contributed by atoms with van der Waals surface area (Å²) in [6.45, 7) is 8.18. The van der Waals surface area contributed by atoms with Crippen molar-refractivity contribution in [1.82, 2.24) is 5.32 Å². The maximum atomic E-state index is 11.0. The second-order valence-corrected chi connectivity index (χ2v) is 7.02. The summed E-state index contributed by atoms with van der Waals surface area (Å²) in [5, 5.41) is 3.28. The van der Waals surface area contributed by atoms with E-state index in [1.165, 1.54) is 6.26 Å². The van der Waals surface area contributed by atoms with Gasteiger partial charge in [0.2, 0.25) is 0 Å². The summed E-state index contributed by atoms with van der Waals surface area (Å²) in [7, 11) is -1.19. The molecule has 0 bridgehead atoms. The van der Waals surface area contributed by atoms with Gasteiger partial charge in [-0.05, 0) is 18.3 Å². The zero-order valence-corrected chi connectivity index (χ0v) is 12.0. The summed E-state index contributed by atoms with van der Waals surface area (Å²) in [5.74, 6) is 0.245. The van der Waals surface area contributed by atoms with Gasteiger partial charge in [0.15, 0.2) is 0 Å². The van der Waals surface area contributed by atoms with Crippen LogP contribution in [0.1, 0.15) is 19.8 Å². The van der Waals surface area contributed by atoms with E-state index in [0.717, 1.165) is 19.5 Å². The fourth-order valence-electron chi connectivity index (χ4n) is 1.55. The molecule has 0 rings (SSSR count). The third-order valence-corrected chi connectivity index (χ3v) is 3.80. The summed E-state index contributed by atoms with van der Waals surface area (Å²) in [4.78, 5) is 0. The highest BCUT2D eigenvalue weighted by Crippen LogP contribution is 2.23. The monoisotopic (exact) mass is 263 g/mol. The molecule has 1 unspecified atom stereocenters. The van der Waals surface area contributed by atoms with Crippen LogP contribution in [0, 0.1) is 5.41 Å². The van der Waals surface area contributed by atoms with E-state index < -0.39 is 9.84 Å². The Hall–Kier alpha value is -0.390. The first-order valence-electron chi connectivity index (χ1n) is 5.84. The van der Waals surface area contributed by atoms with Crippen molar-refractivity contribution in [2.75, 3.05) is 38.8 Å². The number of rotatable bonds is 10. The highest BCUT2D eigenvalue weighted by Gasteiger charge is 2.20. The lowest BCUT2D eigenvalue weighted by atomic mass is 9.86. The topological polar surface area (TPSA) is 55.4 Å². The Morgan fingerprint density at radius 2 is 2.12 bits per heavy atom. The van der Waals surface area contributed by atoms with E-state index in [9.17, 15) is 8.42 Å². The van der Waals surface area contributed by atoms with Crippen molar-refractivity contribution in [2.45, 2.75) is 19.8 Å². The zero-order valence-electron chi connectivity index (χ0n) is 11.2. The first-order valence-corrected chi connectivity index (χ1v) is 7.90. The van der Waals surface area contributed by atoms with Crippen molar-refractivity contribution >= 4 is 9.84 Å². The van der Waals surface area contributed by atoms with Crippen LogP contribution in [0.2, 0.25) is 0 Å². The molecule has 0 spiro atoms. The maximum Gasteiger partial charge on any atom is 0.147 e. The summed E-state index contributed by atoms with van der Waals surface area (Å²) in [6, 6.07) is 0. The normalized spacial score (nSPS) is 15.5. The van der Waals surface area contributed by atoms with Gasteiger partial charge in [-0.3, -0.25) is 0 Å². The lowest BCUT2D eigenvalue weighted by Crippen LogP contribution is -2.32. The average molecular weight is 263 g/mol. The van der Waals surface area contributed by atoms with E-state index in [4.69, 9.17) is 4.74 Å². The molecule has 102 valence electrons. The molecular weight excluding hydrogens is 238 g/mol. The number of ether oxygens (including phenoxy) is 1. The Bertz CT molecular complexity index is 314. The molecule has 0 aliphatic heterocycles. The van der Waals surface area contributed by atoms with Crippen LogP contribution in [-0.4, -0.2) is 47.2 Å². The van der Waals surface area contributed by atoms with Crippen molar-refractivity contribution in [3.05, 3.63) is 12.7 Å². The third kappa shape index (κ3) is 9.32. The van der Waals surface area contributed by atoms with Crippen LogP contribution < -0.4 is 5.32 Å². The molecule has 0 saturated carbocycles. The molecule has 1 atom stereocenters. The zero-order chi connectivity index (χ0) is 13.4. The van der Waals surface area contributed by atoms with E-state index >= 15 is 0 Å². The van der Waals surface area contributed by atoms with Gasteiger partial charge in [0.05, 0.1) is 6.61 Å². The summed E-state index contributed by atoms with van der Waals surface area (Å²) < 4.78 is 27.0. The molecule has 0 aromatic rings. The van der Waals surface area contributed by atoms with Crippen LogP contribution in [0.4, 0.5) is 0 Å². The van der Waals surface area contributed by atoms with Crippen LogP contribution in [0.15, 0.2) is 12.7 Å². The van der Waals surface area contributed by atoms with Crippen LogP contribution in [0.25, 0.3) is 0 Å². The van der Waals surface area contributed by atoms with Gasteiger partial charge >= 0.3 is 0 Å². The highest BCUT2D eigenvalue weighted by molar-refractivity contribution is 7.90. The Balaban J connectivity index is 3.97. The van der Waals surface area contributed by atoms with E-state index in [2.05, 4.69) is 18.8 Å². The predicted molar refractivity (Wildman–Crippen MR) is 72.0 cm³/mol. The van der Waals surface area contributed by atoms with E-state index in [1.54, 1.807) is 7.11 Å². The lowest BCUT2D eigenvalue weighted by molar-refractivity contribution is 0.195. The number of hydrogen-bond donors (Lipinski definition) is 1. The van der Waals surface area contributed by atoms with Gasteiger partial charge in [-0.2, -0.15) is 0 Å². The number of nitrogens with one attached hydrogen (secondary N) is 1. The quantitative estimate of drug-likeness (QED) is 0.476. The molecule has 0 aromatic heterocycles. The van der Waals surface area contributed by atoms with Gasteiger partial charge in [-0.15, -0.1) is 6.58 Å². The van der Waals surface area contributed by atoms with Crippen molar-refractivity contribution in [3.8, 4) is 0 Å². The fraction of sp³-hybridized carbons (Fsp3) is 0.833. The molecule has 0 fully saturated rings. The Morgan fingerprint density at radius 3 is 2.59 bits per heavy atom. The van der Waals surface area contributed by atoms with Gasteiger partial charge < -0.3 is 10.1 Å². The molecule has 1 N–H and O–H groups in total. The van der Waals surface area contributed by atoms with Crippen molar-refractivity contribution in [3.63, 3.8) is 0 Å². The van der Waals surface area contributed by atoms with Gasteiger partial charge in [0.1, 0.15) is 9.84 Å². The molecule has 0 saturated heterocycles. The molecule has 17 heavy (non-hydrogen) atoms. The van der Waals surface area contributed by atoms with E-state index in [-0.39, 0.29) is 11.2 Å². The van der Waals surface area contributed by atoms with Crippen molar-refractivity contribution in [2.24, 2.45) is 5.41 Å². The molecule has 0 aliphatic rings. The van der Waals surface area contributed by atoms with Crippen LogP contribution in [0.3, 0.4) is 0 Å². The standard InChI is InChI=1S/C12H25NO3S/c1-5-12(2,11-13-8-9-16-3)7-6-10-17(4,14)15/h5,13H,1,6-11H2,2-4H3. The second kappa shape index (κ2) is 7.84. The van der Waals surface area contributed by atoms with Crippen LogP contribution >= 0.6 is 0 Å². The number of hydrogen-bond acceptors (Lipinski definition) is 4. The summed E-state index contributed by atoms with van der Waals surface area (Å²) in [6.07, 6.45) is 4.67. The SMILES string of the molecule is C=CC(C)(CCCS(C)(=O)=O)CNCCOC. The van der Waals surface area contributed by atoms with E-state index in [0.29, 0.717) is 13.0 Å². The Morgan fingerprint density at radius 1 is 1.47 bits per heavy atom. The minimum atomic E-state index is -2.86. The van der Waals surface area contributed by atoms with Crippen LogP contribution in [0.5, 0.6) is 0 Å². The molecule has 0 aromatic carbocycles. The minimum absolute atomic E-state index is 0.0571. The number of sulfone groups is 1. The fourth-order valence-corrected chi connectivity index (χ4v) is 2.22. The summed E-state index contributed by atoms with van der Waals surface area (Å²) in [5.41, 5.74) is -0.0571. The smallest absolute Gasteiger partial charge is 0.147 e. The Kier molecular flexibility index (Phi) is 7.66. The molecular formula is C12H25NO3S. The van der Waals surface area contributed by atoms with Crippen molar-refractivity contribution < 1.29 is 13.2 Å². The Labute approximate surface area is 105 Å². The molecule has 4 nitrogen and oxygen atoms in total. The maximum absolute atomic E-state index is 11.0. The first kappa shape index (κ1) is 16.6. The third-order valence-electron chi connectivity index (χ3n) is 2.77. The lowest BCUT2D eigenvalue weighted by Gasteiger charge is -2.26. The van der Waals surface area contributed by atoms with Gasteiger partial charge in [-0.1, -0.05) is 13.0 Å². The van der Waals surface area contributed by atoms with Crippen LogP contribution in [-0.2, 0) is 14.6 Å². The predicted octanol–water partition coefficient (Wildman–Crippen LogP) is 1.24. The first-order chi connectivity index (χ1) is 7.83. The van der Waals surface area contributed by atoms with Gasteiger partial charge in [0, 0.05) is 32.2 Å². The number of methoxy groups -OCH3 is 1. The van der Waals surface area contributed by atoms with Gasteiger partial charge in [-0.25, -0.2) is 8.42 Å². The van der Waals surface area contributed by atoms with Crippen molar-refractivity contribution in [1.29, 1.82) is 0 Å². The minimum Gasteiger partial charge on any atom is -0.383 e. The van der Waals surface area contributed by atoms with Gasteiger partial charge in [0.25, 0.3) is 0 Å². The van der Waals surface area contributed by atoms with E-state index in [1.807, 2.05) is 6.08 Å². The summed E-state index contributed by atoms with van der Waals surface area (Å²) >= 11 is 0. The molecule has 0 aliphatic carbocycles. The highest BCUT2D eigenvalue weighted by atomic mass is 32.2.